The number of hydrogen-bond donors (Lipinski definition) is 12. The zero-order chi connectivity index (χ0) is 59.7. The highest BCUT2D eigenvalue weighted by molar-refractivity contribution is 5.76. The van der Waals surface area contributed by atoms with Crippen LogP contribution in [0.25, 0.3) is 0 Å². The first kappa shape index (κ1) is 73.0. The van der Waals surface area contributed by atoms with E-state index in [-0.39, 0.29) is 18.9 Å². The van der Waals surface area contributed by atoms with Gasteiger partial charge in [-0.25, -0.2) is 0 Å². The minimum absolute atomic E-state index is 0.231. The minimum Gasteiger partial charge on any atom is -0.394 e. The lowest BCUT2D eigenvalue weighted by Gasteiger charge is -2.48. The predicted molar refractivity (Wildman–Crippen MR) is 314 cm³/mol. The number of aliphatic hydroxyl groups excluding tert-OH is 11. The van der Waals surface area contributed by atoms with Crippen LogP contribution in [0.3, 0.4) is 0 Å². The van der Waals surface area contributed by atoms with Gasteiger partial charge in [-0.2, -0.15) is 0 Å². The highest BCUT2D eigenvalue weighted by Crippen LogP contribution is 2.33. The number of nitrogens with one attached hydrogen (secondary N) is 1. The Labute approximate surface area is 488 Å². The molecule has 1 amide bonds. The highest BCUT2D eigenvalue weighted by Gasteiger charge is 2.53. The van der Waals surface area contributed by atoms with Crippen LogP contribution in [0, 0.1) is 0 Å². The van der Waals surface area contributed by atoms with Crippen molar-refractivity contribution in [3.05, 3.63) is 97.2 Å². The van der Waals surface area contributed by atoms with Crippen molar-refractivity contribution in [2.45, 2.75) is 266 Å². The van der Waals surface area contributed by atoms with E-state index in [2.05, 4.69) is 97.3 Å². The quantitative estimate of drug-likeness (QED) is 0.0255. The fourth-order valence-corrected chi connectivity index (χ4v) is 9.63. The Balaban J connectivity index is 1.30. The highest BCUT2D eigenvalue weighted by atomic mass is 16.8. The first-order valence-electron chi connectivity index (χ1n) is 30.5. The molecule has 3 aliphatic rings. The Morgan fingerprint density at radius 1 is 0.451 bits per heavy atom. The number of ether oxygens (including phenoxy) is 6. The SMILES string of the molecule is CC/C=C\C/C=C\C/C=C\C/C=C\C/C=C\C/C=C\C/C=C\CCCCCCCCCCCCCC(=O)NC(COC1OC(CO)C(OC2OC(CO)C(OC3OC(CO)C(O)C(O)C3O)C(O)C2O)C(O)C1O)C(O)/C=C/CCCC. The number of carbonyl (C=O) groups excluding carboxylic acids is 1. The number of carbonyl (C=O) groups is 1. The number of hydrogen-bond acceptors (Lipinski definition) is 18. The molecule has 0 radical (unpaired) electrons. The van der Waals surface area contributed by atoms with Crippen LogP contribution in [0.15, 0.2) is 97.2 Å². The monoisotopic (exact) mass is 1160 g/mol. The summed E-state index contributed by atoms with van der Waals surface area (Å²) in [6.45, 7) is 1.40. The Hall–Kier alpha value is -3.29. The molecule has 0 spiro atoms. The predicted octanol–water partition coefficient (Wildman–Crippen LogP) is 5.76. The molecular weight excluding hydrogens is 1060 g/mol. The molecule has 3 fully saturated rings. The van der Waals surface area contributed by atoms with E-state index in [4.69, 9.17) is 28.4 Å². The van der Waals surface area contributed by atoms with Crippen LogP contribution < -0.4 is 5.32 Å². The van der Waals surface area contributed by atoms with E-state index in [9.17, 15) is 61.0 Å². The maximum Gasteiger partial charge on any atom is 0.220 e. The van der Waals surface area contributed by atoms with Crippen molar-refractivity contribution < 1.29 is 89.4 Å². The number of allylic oxidation sites excluding steroid dienone is 15. The van der Waals surface area contributed by atoms with Gasteiger partial charge in [0.15, 0.2) is 18.9 Å². The van der Waals surface area contributed by atoms with Gasteiger partial charge >= 0.3 is 0 Å². The van der Waals surface area contributed by atoms with Crippen LogP contribution in [-0.2, 0) is 33.2 Å². The third kappa shape index (κ3) is 28.3. The van der Waals surface area contributed by atoms with Gasteiger partial charge in [-0.3, -0.25) is 4.79 Å². The van der Waals surface area contributed by atoms with E-state index in [0.29, 0.717) is 12.8 Å². The van der Waals surface area contributed by atoms with Crippen LogP contribution in [0.5, 0.6) is 0 Å². The Morgan fingerprint density at radius 3 is 1.30 bits per heavy atom. The third-order valence-electron chi connectivity index (χ3n) is 14.6. The smallest absolute Gasteiger partial charge is 0.220 e. The van der Waals surface area contributed by atoms with Gasteiger partial charge in [-0.05, 0) is 70.6 Å². The molecule has 3 saturated heterocycles. The van der Waals surface area contributed by atoms with Gasteiger partial charge in [-0.1, -0.05) is 182 Å². The molecule has 0 aromatic rings. The molecular formula is C63H105NO18. The summed E-state index contributed by atoms with van der Waals surface area (Å²) in [5.41, 5.74) is 0. The van der Waals surface area contributed by atoms with Crippen LogP contribution in [0.1, 0.15) is 162 Å². The molecule has 0 aliphatic carbocycles. The molecule has 0 aromatic carbocycles. The van der Waals surface area contributed by atoms with Gasteiger partial charge in [0.05, 0.1) is 38.6 Å². The number of aliphatic hydroxyl groups is 11. The van der Waals surface area contributed by atoms with E-state index in [1.54, 1.807) is 6.08 Å². The maximum absolute atomic E-state index is 13.2. The molecule has 0 bridgehead atoms. The molecule has 0 aromatic heterocycles. The van der Waals surface area contributed by atoms with Crippen molar-refractivity contribution in [3.8, 4) is 0 Å². The average Bonchev–Trinajstić information content (AvgIpc) is 3.49. The zero-order valence-corrected chi connectivity index (χ0v) is 48.9. The normalized spacial score (nSPS) is 30.3. The summed E-state index contributed by atoms with van der Waals surface area (Å²) in [7, 11) is 0. The van der Waals surface area contributed by atoms with E-state index in [1.165, 1.54) is 38.5 Å². The fraction of sp³-hybridized carbons (Fsp3) is 0.730. The maximum atomic E-state index is 13.2. The van der Waals surface area contributed by atoms with Gasteiger partial charge in [0.1, 0.15) is 73.2 Å². The average molecular weight is 1160 g/mol. The van der Waals surface area contributed by atoms with Gasteiger partial charge in [0.2, 0.25) is 5.91 Å². The topological polar surface area (TPSA) is 307 Å². The van der Waals surface area contributed by atoms with Crippen molar-refractivity contribution in [2.75, 3.05) is 26.4 Å². The van der Waals surface area contributed by atoms with Crippen molar-refractivity contribution in [1.29, 1.82) is 0 Å². The van der Waals surface area contributed by atoms with Crippen LogP contribution in [-0.4, -0.2) is 193 Å². The minimum atomic E-state index is -1.98. The first-order valence-corrected chi connectivity index (χ1v) is 30.5. The van der Waals surface area contributed by atoms with E-state index in [1.807, 2.05) is 13.0 Å². The Bertz CT molecular complexity index is 1870. The molecule has 82 heavy (non-hydrogen) atoms. The summed E-state index contributed by atoms with van der Waals surface area (Å²) >= 11 is 0. The van der Waals surface area contributed by atoms with Crippen LogP contribution >= 0.6 is 0 Å². The fourth-order valence-electron chi connectivity index (χ4n) is 9.63. The van der Waals surface area contributed by atoms with Gasteiger partial charge < -0.3 is 89.9 Å². The lowest BCUT2D eigenvalue weighted by Crippen LogP contribution is -2.66. The first-order chi connectivity index (χ1) is 39.8. The largest absolute Gasteiger partial charge is 0.394 e. The van der Waals surface area contributed by atoms with Crippen LogP contribution in [0.2, 0.25) is 0 Å². The van der Waals surface area contributed by atoms with Crippen LogP contribution in [0.4, 0.5) is 0 Å². The standard InChI is InChI=1S/C63H105NO18/c1-3-5-7-9-10-11-12-13-14-15-16-17-18-19-20-21-22-23-24-25-26-27-28-29-30-31-32-33-34-35-36-37-39-41-51(69)64-46(47(68)40-38-8-6-4-2)45-77-61-57(75)54(72)59(49(43-66)79-61)82-63-58(76)55(73)60(50(44-67)80-63)81-62-56(74)53(71)52(70)48(42-65)78-62/h5,7,10-11,13-14,16-17,19-20,22-23,25-26,38,40,46-50,52-63,65-68,70-76H,3-4,6,8-9,12,15,18,21,24,27-37,39,41-45H2,1-2H3,(H,64,69)/b7-5-,11-10-,14-13-,17-16-,20-19-,23-22-,26-25-,40-38+. The summed E-state index contributed by atoms with van der Waals surface area (Å²) in [5.74, 6) is -0.294. The van der Waals surface area contributed by atoms with Gasteiger partial charge in [0, 0.05) is 6.42 Å². The van der Waals surface area contributed by atoms with E-state index in [0.717, 1.165) is 89.9 Å². The summed E-state index contributed by atoms with van der Waals surface area (Å²) in [6, 6.07) is -0.976. The molecule has 17 unspecified atom stereocenters. The van der Waals surface area contributed by atoms with Gasteiger partial charge in [-0.15, -0.1) is 0 Å². The summed E-state index contributed by atoms with van der Waals surface area (Å²) in [5, 5.41) is 119. The lowest BCUT2D eigenvalue weighted by atomic mass is 9.96. The second kappa shape index (κ2) is 45.1. The molecule has 3 aliphatic heterocycles. The molecule has 470 valence electrons. The summed E-state index contributed by atoms with van der Waals surface area (Å²) in [4.78, 5) is 13.2. The second-order valence-electron chi connectivity index (χ2n) is 21.4. The van der Waals surface area contributed by atoms with Crippen molar-refractivity contribution in [3.63, 3.8) is 0 Å². The molecule has 3 heterocycles. The van der Waals surface area contributed by atoms with E-state index >= 15 is 0 Å². The third-order valence-corrected chi connectivity index (χ3v) is 14.6. The number of amides is 1. The summed E-state index contributed by atoms with van der Waals surface area (Å²) in [6.07, 6.45) is 30.8. The zero-order valence-electron chi connectivity index (χ0n) is 48.9. The Kier molecular flexibility index (Phi) is 40.1. The number of unbranched alkanes of at least 4 members (excludes halogenated alkanes) is 13. The van der Waals surface area contributed by atoms with Crippen molar-refractivity contribution in [2.24, 2.45) is 0 Å². The summed E-state index contributed by atoms with van der Waals surface area (Å²) < 4.78 is 34.0. The molecule has 0 saturated carbocycles. The van der Waals surface area contributed by atoms with Crippen molar-refractivity contribution >= 4 is 5.91 Å². The van der Waals surface area contributed by atoms with E-state index < -0.39 is 124 Å². The molecule has 19 heteroatoms. The molecule has 19 nitrogen and oxygen atoms in total. The van der Waals surface area contributed by atoms with Crippen molar-refractivity contribution in [1.82, 2.24) is 5.32 Å². The van der Waals surface area contributed by atoms with Gasteiger partial charge in [0.25, 0.3) is 0 Å². The molecule has 17 atom stereocenters. The second-order valence-corrected chi connectivity index (χ2v) is 21.4. The number of rotatable bonds is 43. The molecule has 3 rings (SSSR count). The molecule has 12 N–H and O–H groups in total. The Morgan fingerprint density at radius 2 is 0.841 bits per heavy atom. The lowest BCUT2D eigenvalue weighted by molar-refractivity contribution is -0.379.